The fourth-order valence-electron chi connectivity index (χ4n) is 3.24. The highest BCUT2D eigenvalue weighted by atomic mass is 16.5. The molecule has 0 amide bonds. The third-order valence-electron chi connectivity index (χ3n) is 4.89. The lowest BCUT2D eigenvalue weighted by atomic mass is 9.77. The third kappa shape index (κ3) is 4.42. The molecule has 4 heteroatoms. The molecule has 1 saturated heterocycles. The molecule has 1 aliphatic heterocycles. The Hall–Kier alpha value is -0.160. The van der Waals surface area contributed by atoms with E-state index in [-0.39, 0.29) is 5.60 Å². The van der Waals surface area contributed by atoms with Gasteiger partial charge >= 0.3 is 0 Å². The predicted octanol–water partition coefficient (Wildman–Crippen LogP) is 1.63. The Morgan fingerprint density at radius 1 is 1.26 bits per heavy atom. The lowest BCUT2D eigenvalue weighted by Crippen LogP contribution is -2.46. The van der Waals surface area contributed by atoms with Gasteiger partial charge in [-0.25, -0.2) is 0 Å². The monoisotopic (exact) mass is 270 g/mol. The maximum Gasteiger partial charge on any atom is 0.0805 e. The van der Waals surface area contributed by atoms with Gasteiger partial charge in [-0.2, -0.15) is 0 Å². The van der Waals surface area contributed by atoms with Crippen molar-refractivity contribution in [3.8, 4) is 0 Å². The summed E-state index contributed by atoms with van der Waals surface area (Å²) in [5.41, 5.74) is 5.96. The number of nitrogens with two attached hydrogens (primary N) is 1. The summed E-state index contributed by atoms with van der Waals surface area (Å²) in [5, 5.41) is 0. The quantitative estimate of drug-likeness (QED) is 0.797. The summed E-state index contributed by atoms with van der Waals surface area (Å²) < 4.78 is 11.6. The van der Waals surface area contributed by atoms with Crippen LogP contribution < -0.4 is 5.73 Å². The van der Waals surface area contributed by atoms with Gasteiger partial charge in [0.1, 0.15) is 0 Å². The largest absolute Gasteiger partial charge is 0.379 e. The highest BCUT2D eigenvalue weighted by Crippen LogP contribution is 2.35. The van der Waals surface area contributed by atoms with Crippen molar-refractivity contribution in [2.24, 2.45) is 11.7 Å². The summed E-state index contributed by atoms with van der Waals surface area (Å²) in [6, 6.07) is 0. The van der Waals surface area contributed by atoms with Crippen LogP contribution in [-0.2, 0) is 9.47 Å². The number of hydrogen-bond donors (Lipinski definition) is 1. The van der Waals surface area contributed by atoms with E-state index in [2.05, 4.69) is 11.8 Å². The van der Waals surface area contributed by atoms with Gasteiger partial charge in [0.25, 0.3) is 0 Å². The average Bonchev–Trinajstić information content (AvgIpc) is 2.49. The molecule has 1 heterocycles. The van der Waals surface area contributed by atoms with Crippen molar-refractivity contribution < 1.29 is 9.47 Å². The highest BCUT2D eigenvalue weighted by molar-refractivity contribution is 4.88. The summed E-state index contributed by atoms with van der Waals surface area (Å²) in [6.45, 7) is 8.59. The Morgan fingerprint density at radius 3 is 2.53 bits per heavy atom. The van der Waals surface area contributed by atoms with Crippen LogP contribution in [0.5, 0.6) is 0 Å². The van der Waals surface area contributed by atoms with Gasteiger partial charge in [-0.3, -0.25) is 4.90 Å². The second kappa shape index (κ2) is 7.58. The molecular weight excluding hydrogens is 240 g/mol. The van der Waals surface area contributed by atoms with Gasteiger partial charge in [-0.05, 0) is 31.6 Å². The van der Waals surface area contributed by atoms with E-state index in [1.807, 2.05) is 0 Å². The smallest absolute Gasteiger partial charge is 0.0805 e. The number of rotatable bonds is 6. The maximum absolute atomic E-state index is 6.21. The third-order valence-corrected chi connectivity index (χ3v) is 4.89. The number of morpholine rings is 1. The van der Waals surface area contributed by atoms with Crippen molar-refractivity contribution >= 4 is 0 Å². The first-order valence-corrected chi connectivity index (χ1v) is 7.92. The van der Waals surface area contributed by atoms with Gasteiger partial charge in [0.15, 0.2) is 0 Å². The van der Waals surface area contributed by atoms with Gasteiger partial charge in [0.2, 0.25) is 0 Å². The van der Waals surface area contributed by atoms with E-state index in [1.165, 1.54) is 19.3 Å². The molecule has 0 aromatic heterocycles. The second-order valence-corrected chi connectivity index (χ2v) is 6.04. The molecule has 0 spiro atoms. The summed E-state index contributed by atoms with van der Waals surface area (Å²) in [6.07, 6.45) is 6.15. The van der Waals surface area contributed by atoms with Crippen molar-refractivity contribution in [3.63, 3.8) is 0 Å². The molecule has 0 aromatic carbocycles. The van der Waals surface area contributed by atoms with Crippen LogP contribution in [0, 0.1) is 5.92 Å². The number of hydrogen-bond acceptors (Lipinski definition) is 4. The molecule has 2 rings (SSSR count). The van der Waals surface area contributed by atoms with Gasteiger partial charge in [-0.1, -0.05) is 13.3 Å². The molecule has 2 N–H and O–H groups in total. The minimum absolute atomic E-state index is 0.0298. The van der Waals surface area contributed by atoms with E-state index in [0.717, 1.165) is 58.2 Å². The minimum atomic E-state index is -0.0298. The van der Waals surface area contributed by atoms with Crippen LogP contribution in [-0.4, -0.2) is 56.5 Å². The highest BCUT2D eigenvalue weighted by Gasteiger charge is 2.34. The van der Waals surface area contributed by atoms with Crippen molar-refractivity contribution in [1.29, 1.82) is 0 Å². The van der Waals surface area contributed by atoms with E-state index in [4.69, 9.17) is 15.2 Å². The average molecular weight is 270 g/mol. The van der Waals surface area contributed by atoms with Gasteiger partial charge in [0, 0.05) is 26.2 Å². The first-order chi connectivity index (χ1) is 9.28. The number of ether oxygens (including phenoxy) is 2. The van der Waals surface area contributed by atoms with Gasteiger partial charge < -0.3 is 15.2 Å². The zero-order chi connectivity index (χ0) is 13.6. The Labute approximate surface area is 117 Å². The molecule has 0 radical (unpaired) electrons. The zero-order valence-corrected chi connectivity index (χ0v) is 12.4. The molecule has 4 nitrogen and oxygen atoms in total. The van der Waals surface area contributed by atoms with Gasteiger partial charge in [0.05, 0.1) is 25.4 Å². The Bertz CT molecular complexity index is 247. The number of nitrogens with zero attached hydrogens (tertiary/aromatic N) is 1. The van der Waals surface area contributed by atoms with Crippen LogP contribution in [0.2, 0.25) is 0 Å². The van der Waals surface area contributed by atoms with Crippen molar-refractivity contribution in [2.45, 2.75) is 44.6 Å². The molecule has 0 atom stereocenters. The molecule has 2 aliphatic rings. The Balaban J connectivity index is 1.70. The molecular formula is C15H30N2O2. The fourth-order valence-corrected chi connectivity index (χ4v) is 3.24. The van der Waals surface area contributed by atoms with Crippen molar-refractivity contribution in [3.05, 3.63) is 0 Å². The van der Waals surface area contributed by atoms with Crippen LogP contribution in [0.15, 0.2) is 0 Å². The summed E-state index contributed by atoms with van der Waals surface area (Å²) in [5.74, 6) is 0.891. The maximum atomic E-state index is 6.21. The van der Waals surface area contributed by atoms with Crippen LogP contribution in [0.3, 0.4) is 0 Å². The molecule has 2 fully saturated rings. The normalized spacial score (nSPS) is 33.5. The fraction of sp³-hybridized carbons (Fsp3) is 1.00. The molecule has 19 heavy (non-hydrogen) atoms. The zero-order valence-electron chi connectivity index (χ0n) is 12.4. The van der Waals surface area contributed by atoms with Gasteiger partial charge in [-0.15, -0.1) is 0 Å². The van der Waals surface area contributed by atoms with Crippen molar-refractivity contribution in [1.82, 2.24) is 4.90 Å². The first-order valence-electron chi connectivity index (χ1n) is 7.92. The Kier molecular flexibility index (Phi) is 6.07. The van der Waals surface area contributed by atoms with E-state index < -0.39 is 0 Å². The SMILES string of the molecule is CCC1CCC(CN)(OCCN2CCOCC2)CC1. The topological polar surface area (TPSA) is 47.7 Å². The van der Waals surface area contributed by atoms with E-state index in [0.29, 0.717) is 6.54 Å². The van der Waals surface area contributed by atoms with E-state index in [9.17, 15) is 0 Å². The lowest BCUT2D eigenvalue weighted by molar-refractivity contribution is -0.0814. The van der Waals surface area contributed by atoms with Crippen molar-refractivity contribution in [2.75, 3.05) is 46.0 Å². The summed E-state index contributed by atoms with van der Waals surface area (Å²) in [4.78, 5) is 2.42. The second-order valence-electron chi connectivity index (χ2n) is 6.04. The first kappa shape index (κ1) is 15.2. The molecule has 0 unspecified atom stereocenters. The summed E-state index contributed by atoms with van der Waals surface area (Å²) >= 11 is 0. The lowest BCUT2D eigenvalue weighted by Gasteiger charge is -2.39. The molecule has 1 saturated carbocycles. The van der Waals surface area contributed by atoms with Crippen LogP contribution in [0.1, 0.15) is 39.0 Å². The van der Waals surface area contributed by atoms with E-state index >= 15 is 0 Å². The van der Waals surface area contributed by atoms with Crippen LogP contribution in [0.25, 0.3) is 0 Å². The Morgan fingerprint density at radius 2 is 1.95 bits per heavy atom. The minimum Gasteiger partial charge on any atom is -0.379 e. The van der Waals surface area contributed by atoms with E-state index in [1.54, 1.807) is 0 Å². The molecule has 112 valence electrons. The molecule has 0 bridgehead atoms. The predicted molar refractivity (Wildman–Crippen MR) is 77.2 cm³/mol. The summed E-state index contributed by atoms with van der Waals surface area (Å²) in [7, 11) is 0. The molecule has 1 aliphatic carbocycles. The molecule has 0 aromatic rings. The van der Waals surface area contributed by atoms with Crippen LogP contribution >= 0.6 is 0 Å². The standard InChI is InChI=1S/C15H30N2O2/c1-2-14-3-5-15(13-16,6-4-14)19-12-9-17-7-10-18-11-8-17/h14H,2-13,16H2,1H3. The van der Waals surface area contributed by atoms with Crippen LogP contribution in [0.4, 0.5) is 0 Å².